The second-order valence-electron chi connectivity index (χ2n) is 4.83. The Morgan fingerprint density at radius 1 is 0.905 bits per heavy atom. The molecule has 0 aliphatic carbocycles. The summed E-state index contributed by atoms with van der Waals surface area (Å²) in [6, 6.07) is 17.7. The van der Waals surface area contributed by atoms with E-state index >= 15 is 0 Å². The zero-order valence-corrected chi connectivity index (χ0v) is 11.5. The highest BCUT2D eigenvalue weighted by molar-refractivity contribution is 5.98. The van der Waals surface area contributed by atoms with Gasteiger partial charge in [0.05, 0.1) is 5.56 Å². The second-order valence-corrected chi connectivity index (χ2v) is 4.83. The van der Waals surface area contributed by atoms with E-state index in [1.54, 1.807) is 24.3 Å². The van der Waals surface area contributed by atoms with E-state index in [-0.39, 0.29) is 5.75 Å². The first kappa shape index (κ1) is 13.2. The molecule has 21 heavy (non-hydrogen) atoms. The summed E-state index contributed by atoms with van der Waals surface area (Å²) in [5.41, 5.74) is 1.40. The van der Waals surface area contributed by atoms with Crippen LogP contribution in [0.15, 0.2) is 60.7 Å². The molecule has 104 valence electrons. The van der Waals surface area contributed by atoms with E-state index in [0.717, 1.165) is 5.56 Å². The Morgan fingerprint density at radius 3 is 2.33 bits per heavy atom. The molecule has 0 amide bonds. The average Bonchev–Trinajstić information content (AvgIpc) is 2.51. The van der Waals surface area contributed by atoms with Crippen molar-refractivity contribution in [2.45, 2.75) is 6.92 Å². The van der Waals surface area contributed by atoms with Crippen molar-refractivity contribution in [3.8, 4) is 11.5 Å². The van der Waals surface area contributed by atoms with Gasteiger partial charge in [-0.05, 0) is 30.7 Å². The summed E-state index contributed by atoms with van der Waals surface area (Å²) in [7, 11) is 0. The first-order valence-electron chi connectivity index (χ1n) is 6.65. The lowest BCUT2D eigenvalue weighted by Gasteiger charge is -2.10. The molecule has 3 heteroatoms. The smallest absolute Gasteiger partial charge is 0.343 e. The molecule has 0 saturated heterocycles. The van der Waals surface area contributed by atoms with E-state index < -0.39 is 5.97 Å². The molecule has 0 fully saturated rings. The van der Waals surface area contributed by atoms with Crippen LogP contribution in [-0.4, -0.2) is 11.1 Å². The van der Waals surface area contributed by atoms with Crippen molar-refractivity contribution < 1.29 is 14.6 Å². The quantitative estimate of drug-likeness (QED) is 0.567. The summed E-state index contributed by atoms with van der Waals surface area (Å²) in [6.07, 6.45) is 0. The standard InChI is InChI=1S/C18H14O3/c1-12-6-2-3-7-13(12)18(20)21-17-11-10-16(19)14-8-4-5-9-15(14)17/h2-11,19H,1H3. The summed E-state index contributed by atoms with van der Waals surface area (Å²) in [6.45, 7) is 1.87. The van der Waals surface area contributed by atoms with Crippen molar-refractivity contribution in [2.24, 2.45) is 0 Å². The Morgan fingerprint density at radius 2 is 1.57 bits per heavy atom. The first-order valence-corrected chi connectivity index (χ1v) is 6.65. The number of esters is 1. The number of ether oxygens (including phenoxy) is 1. The van der Waals surface area contributed by atoms with E-state index in [9.17, 15) is 9.90 Å². The fourth-order valence-electron chi connectivity index (χ4n) is 2.30. The maximum Gasteiger partial charge on any atom is 0.343 e. The predicted molar refractivity (Wildman–Crippen MR) is 81.8 cm³/mol. The lowest BCUT2D eigenvalue weighted by Crippen LogP contribution is -2.10. The number of hydrogen-bond acceptors (Lipinski definition) is 3. The minimum atomic E-state index is -0.399. The molecule has 3 aromatic rings. The van der Waals surface area contributed by atoms with Crippen molar-refractivity contribution in [3.63, 3.8) is 0 Å². The zero-order valence-electron chi connectivity index (χ0n) is 11.5. The van der Waals surface area contributed by atoms with Crippen molar-refractivity contribution >= 4 is 16.7 Å². The lowest BCUT2D eigenvalue weighted by molar-refractivity contribution is 0.0736. The molecule has 1 N–H and O–H groups in total. The molecule has 3 nitrogen and oxygen atoms in total. The maximum absolute atomic E-state index is 12.3. The number of aromatic hydroxyl groups is 1. The van der Waals surface area contributed by atoms with Crippen molar-refractivity contribution in [1.29, 1.82) is 0 Å². The molecule has 3 aromatic carbocycles. The Hall–Kier alpha value is -2.81. The molecule has 0 unspecified atom stereocenters. The van der Waals surface area contributed by atoms with Crippen LogP contribution in [0.1, 0.15) is 15.9 Å². The molecule has 0 aromatic heterocycles. The van der Waals surface area contributed by atoms with Gasteiger partial charge in [-0.3, -0.25) is 0 Å². The van der Waals surface area contributed by atoms with Gasteiger partial charge >= 0.3 is 5.97 Å². The van der Waals surface area contributed by atoms with Crippen LogP contribution in [0.2, 0.25) is 0 Å². The van der Waals surface area contributed by atoms with Crippen LogP contribution in [-0.2, 0) is 0 Å². The van der Waals surface area contributed by atoms with E-state index in [4.69, 9.17) is 4.74 Å². The van der Waals surface area contributed by atoms with Crippen LogP contribution in [0.4, 0.5) is 0 Å². The van der Waals surface area contributed by atoms with Gasteiger partial charge < -0.3 is 9.84 Å². The predicted octanol–water partition coefficient (Wildman–Crippen LogP) is 4.07. The number of fused-ring (bicyclic) bond motifs is 1. The lowest BCUT2D eigenvalue weighted by atomic mass is 10.1. The van der Waals surface area contributed by atoms with E-state index in [2.05, 4.69) is 0 Å². The Labute approximate surface area is 122 Å². The van der Waals surface area contributed by atoms with Gasteiger partial charge in [-0.25, -0.2) is 4.79 Å². The fourth-order valence-corrected chi connectivity index (χ4v) is 2.30. The minimum Gasteiger partial charge on any atom is -0.507 e. The molecule has 0 saturated carbocycles. The van der Waals surface area contributed by atoms with Gasteiger partial charge in [0.25, 0.3) is 0 Å². The zero-order chi connectivity index (χ0) is 14.8. The Balaban J connectivity index is 2.01. The Kier molecular flexibility index (Phi) is 3.32. The number of rotatable bonds is 2. The topological polar surface area (TPSA) is 46.5 Å². The monoisotopic (exact) mass is 278 g/mol. The van der Waals surface area contributed by atoms with E-state index in [1.807, 2.05) is 37.3 Å². The summed E-state index contributed by atoms with van der Waals surface area (Å²) in [5, 5.41) is 11.2. The van der Waals surface area contributed by atoms with E-state index in [0.29, 0.717) is 22.1 Å². The molecular formula is C18H14O3. The first-order chi connectivity index (χ1) is 10.2. The Bertz CT molecular complexity index is 822. The summed E-state index contributed by atoms with van der Waals surface area (Å²) >= 11 is 0. The number of phenols is 1. The molecule has 0 bridgehead atoms. The third-order valence-electron chi connectivity index (χ3n) is 3.43. The fraction of sp³-hybridized carbons (Fsp3) is 0.0556. The van der Waals surface area contributed by atoms with Gasteiger partial charge in [0, 0.05) is 10.8 Å². The van der Waals surface area contributed by atoms with E-state index in [1.165, 1.54) is 6.07 Å². The summed E-state index contributed by atoms with van der Waals surface area (Å²) < 4.78 is 5.50. The SMILES string of the molecule is Cc1ccccc1C(=O)Oc1ccc(O)c2ccccc12. The minimum absolute atomic E-state index is 0.168. The number of aryl methyl sites for hydroxylation is 1. The molecule has 0 spiro atoms. The summed E-state index contributed by atoms with van der Waals surface area (Å²) in [4.78, 5) is 12.3. The number of benzene rings is 3. The third kappa shape index (κ3) is 2.46. The molecular weight excluding hydrogens is 264 g/mol. The van der Waals surface area contributed by atoms with Crippen LogP contribution in [0.3, 0.4) is 0 Å². The van der Waals surface area contributed by atoms with Crippen LogP contribution < -0.4 is 4.74 Å². The molecule has 0 aliphatic rings. The van der Waals surface area contributed by atoms with Crippen LogP contribution in [0.25, 0.3) is 10.8 Å². The molecule has 0 aliphatic heterocycles. The average molecular weight is 278 g/mol. The number of phenolic OH excluding ortho intramolecular Hbond substituents is 1. The van der Waals surface area contributed by atoms with Gasteiger partial charge in [-0.15, -0.1) is 0 Å². The highest BCUT2D eigenvalue weighted by Crippen LogP contribution is 2.32. The van der Waals surface area contributed by atoms with Crippen molar-refractivity contribution in [3.05, 3.63) is 71.8 Å². The van der Waals surface area contributed by atoms with Crippen LogP contribution in [0, 0.1) is 6.92 Å². The number of carbonyl (C=O) groups excluding carboxylic acids is 1. The van der Waals surface area contributed by atoms with Gasteiger partial charge in [0.2, 0.25) is 0 Å². The molecule has 0 atom stereocenters. The van der Waals surface area contributed by atoms with Gasteiger partial charge in [0.1, 0.15) is 11.5 Å². The van der Waals surface area contributed by atoms with Gasteiger partial charge in [0.15, 0.2) is 0 Å². The highest BCUT2D eigenvalue weighted by atomic mass is 16.5. The van der Waals surface area contributed by atoms with Gasteiger partial charge in [-0.1, -0.05) is 42.5 Å². The molecule has 3 rings (SSSR count). The summed E-state index contributed by atoms with van der Waals surface area (Å²) in [5.74, 6) is 0.210. The largest absolute Gasteiger partial charge is 0.507 e. The number of hydrogen-bond donors (Lipinski definition) is 1. The van der Waals surface area contributed by atoms with Crippen LogP contribution in [0.5, 0.6) is 11.5 Å². The maximum atomic E-state index is 12.3. The molecule has 0 heterocycles. The van der Waals surface area contributed by atoms with Crippen molar-refractivity contribution in [1.82, 2.24) is 0 Å². The third-order valence-corrected chi connectivity index (χ3v) is 3.43. The van der Waals surface area contributed by atoms with Crippen LogP contribution >= 0.6 is 0 Å². The normalized spacial score (nSPS) is 10.5. The second kappa shape index (κ2) is 5.29. The highest BCUT2D eigenvalue weighted by Gasteiger charge is 2.13. The number of carbonyl (C=O) groups is 1. The van der Waals surface area contributed by atoms with Crippen molar-refractivity contribution in [2.75, 3.05) is 0 Å². The molecule has 0 radical (unpaired) electrons. The van der Waals surface area contributed by atoms with Gasteiger partial charge in [-0.2, -0.15) is 0 Å².